The molecule has 0 bridgehead atoms. The summed E-state index contributed by atoms with van der Waals surface area (Å²) in [6.45, 7) is 5.57. The van der Waals surface area contributed by atoms with Crippen LogP contribution in [0.1, 0.15) is 37.8 Å². The largest absolute Gasteiger partial charge is 0.491 e. The minimum atomic E-state index is -1.20. The van der Waals surface area contributed by atoms with Crippen LogP contribution in [0, 0.1) is 0 Å². The number of hydrogen-bond donors (Lipinski definition) is 2. The van der Waals surface area contributed by atoms with E-state index in [0.717, 1.165) is 10.5 Å². The van der Waals surface area contributed by atoms with Crippen LogP contribution in [0.2, 0.25) is 5.02 Å². The fourth-order valence-electron chi connectivity index (χ4n) is 3.38. The number of aliphatic hydroxyl groups is 1. The first kappa shape index (κ1) is 21.1. The van der Waals surface area contributed by atoms with Gasteiger partial charge in [0.05, 0.1) is 6.54 Å². The molecular weight excluding hydrogens is 392 g/mol. The number of halogens is 1. The van der Waals surface area contributed by atoms with Crippen molar-refractivity contribution in [3.05, 3.63) is 64.7 Å². The second-order valence-corrected chi connectivity index (χ2v) is 8.07. The lowest BCUT2D eigenvalue weighted by Crippen LogP contribution is -2.42. The summed E-state index contributed by atoms with van der Waals surface area (Å²) < 4.78 is 5.76. The summed E-state index contributed by atoms with van der Waals surface area (Å²) in [6.07, 6.45) is -1.02. The van der Waals surface area contributed by atoms with Crippen molar-refractivity contribution in [2.24, 2.45) is 0 Å². The topological polar surface area (TPSA) is 78.9 Å². The highest BCUT2D eigenvalue weighted by atomic mass is 35.5. The standard InChI is InChI=1S/C22H25ClN2O4/c1-14(2)18-6-4-5-7-19(18)29-13-17(26)12-25-20(27)22(3,24-21(25)28)15-8-10-16(23)11-9-15/h4-11,14,17,26H,12-13H2,1-3H3,(H,24,28). The van der Waals surface area contributed by atoms with E-state index >= 15 is 0 Å². The van der Waals surface area contributed by atoms with Gasteiger partial charge in [0.25, 0.3) is 5.91 Å². The molecule has 2 aromatic carbocycles. The first-order chi connectivity index (χ1) is 13.7. The molecule has 3 amide bonds. The van der Waals surface area contributed by atoms with Gasteiger partial charge in [-0.25, -0.2) is 4.79 Å². The van der Waals surface area contributed by atoms with Gasteiger partial charge in [-0.1, -0.05) is 55.8 Å². The van der Waals surface area contributed by atoms with Crippen LogP contribution in [0.25, 0.3) is 0 Å². The van der Waals surface area contributed by atoms with Crippen LogP contribution in [0.4, 0.5) is 4.79 Å². The van der Waals surface area contributed by atoms with E-state index in [1.807, 2.05) is 24.3 Å². The van der Waals surface area contributed by atoms with Gasteiger partial charge in [-0.15, -0.1) is 0 Å². The van der Waals surface area contributed by atoms with Crippen LogP contribution in [-0.2, 0) is 10.3 Å². The van der Waals surface area contributed by atoms with Crippen LogP contribution in [-0.4, -0.2) is 41.2 Å². The number of aliphatic hydroxyl groups excluding tert-OH is 1. The third kappa shape index (κ3) is 4.38. The van der Waals surface area contributed by atoms with Gasteiger partial charge in [-0.2, -0.15) is 0 Å². The number of β-amino-alcohol motifs (C(OH)–C–C–N with tert-alkyl or cyclic N) is 1. The summed E-state index contributed by atoms with van der Waals surface area (Å²) in [6, 6.07) is 13.8. The van der Waals surface area contributed by atoms with Crippen molar-refractivity contribution >= 4 is 23.5 Å². The SMILES string of the molecule is CC(C)c1ccccc1OCC(O)CN1C(=O)NC(C)(c2ccc(Cl)cc2)C1=O. The van der Waals surface area contributed by atoms with Crippen molar-refractivity contribution in [1.82, 2.24) is 10.2 Å². The molecule has 0 spiro atoms. The summed E-state index contributed by atoms with van der Waals surface area (Å²) in [5.74, 6) is 0.533. The molecule has 0 radical (unpaired) electrons. The molecule has 3 rings (SSSR count). The van der Waals surface area contributed by atoms with Gasteiger partial charge in [0.15, 0.2) is 0 Å². The van der Waals surface area contributed by atoms with E-state index in [2.05, 4.69) is 19.2 Å². The summed E-state index contributed by atoms with van der Waals surface area (Å²) in [7, 11) is 0. The highest BCUT2D eigenvalue weighted by Crippen LogP contribution is 2.30. The second kappa shape index (κ2) is 8.43. The first-order valence-electron chi connectivity index (χ1n) is 9.52. The lowest BCUT2D eigenvalue weighted by atomic mass is 9.92. The molecular formula is C22H25ClN2O4. The molecule has 1 fully saturated rings. The van der Waals surface area contributed by atoms with Gasteiger partial charge in [0.1, 0.15) is 24.0 Å². The molecule has 1 saturated heterocycles. The van der Waals surface area contributed by atoms with E-state index in [1.165, 1.54) is 0 Å². The Balaban J connectivity index is 1.66. The number of rotatable bonds is 7. The minimum absolute atomic E-state index is 0.0293. The maximum atomic E-state index is 12.9. The first-order valence-corrected chi connectivity index (χ1v) is 9.90. The minimum Gasteiger partial charge on any atom is -0.491 e. The maximum absolute atomic E-state index is 12.9. The van der Waals surface area contributed by atoms with Crippen molar-refractivity contribution in [2.45, 2.75) is 38.3 Å². The normalized spacial score (nSPS) is 20.1. The Kier molecular flexibility index (Phi) is 6.15. The number of carbonyl (C=O) groups excluding carboxylic acids is 2. The molecule has 2 N–H and O–H groups in total. The summed E-state index contributed by atoms with van der Waals surface area (Å²) >= 11 is 5.91. The van der Waals surface area contributed by atoms with Crippen molar-refractivity contribution in [1.29, 1.82) is 0 Å². The number of hydrogen-bond acceptors (Lipinski definition) is 4. The zero-order valence-corrected chi connectivity index (χ0v) is 17.4. The molecule has 2 unspecified atom stereocenters. The predicted molar refractivity (Wildman–Crippen MR) is 111 cm³/mol. The Morgan fingerprint density at radius 1 is 1.14 bits per heavy atom. The Hall–Kier alpha value is -2.57. The van der Waals surface area contributed by atoms with Crippen LogP contribution in [0.15, 0.2) is 48.5 Å². The van der Waals surface area contributed by atoms with Crippen LogP contribution >= 0.6 is 11.6 Å². The fourth-order valence-corrected chi connectivity index (χ4v) is 3.51. The zero-order valence-electron chi connectivity index (χ0n) is 16.7. The number of imide groups is 1. The van der Waals surface area contributed by atoms with E-state index in [-0.39, 0.29) is 19.1 Å². The number of nitrogens with zero attached hydrogens (tertiary/aromatic N) is 1. The van der Waals surface area contributed by atoms with E-state index in [4.69, 9.17) is 16.3 Å². The second-order valence-electron chi connectivity index (χ2n) is 7.64. The van der Waals surface area contributed by atoms with Crippen molar-refractivity contribution in [2.75, 3.05) is 13.2 Å². The summed E-state index contributed by atoms with van der Waals surface area (Å²) in [5.41, 5.74) is 0.455. The van der Waals surface area contributed by atoms with E-state index in [1.54, 1.807) is 31.2 Å². The van der Waals surface area contributed by atoms with Gasteiger partial charge < -0.3 is 15.2 Å². The van der Waals surface area contributed by atoms with Crippen LogP contribution in [0.5, 0.6) is 5.75 Å². The molecule has 0 saturated carbocycles. The van der Waals surface area contributed by atoms with Crippen LogP contribution < -0.4 is 10.1 Å². The molecule has 154 valence electrons. The van der Waals surface area contributed by atoms with Crippen molar-refractivity contribution < 1.29 is 19.4 Å². The highest BCUT2D eigenvalue weighted by Gasteiger charge is 2.49. The lowest BCUT2D eigenvalue weighted by molar-refractivity contribution is -0.132. The highest BCUT2D eigenvalue weighted by molar-refractivity contribution is 6.30. The Labute approximate surface area is 175 Å². The molecule has 1 heterocycles. The fraction of sp³-hybridized carbons (Fsp3) is 0.364. The molecule has 0 aliphatic carbocycles. The van der Waals surface area contributed by atoms with E-state index in [0.29, 0.717) is 16.3 Å². The molecule has 1 aliphatic rings. The Morgan fingerprint density at radius 3 is 2.45 bits per heavy atom. The molecule has 2 aromatic rings. The lowest BCUT2D eigenvalue weighted by Gasteiger charge is -2.23. The predicted octanol–water partition coefficient (Wildman–Crippen LogP) is 3.67. The molecule has 2 atom stereocenters. The number of ether oxygens (including phenoxy) is 1. The quantitative estimate of drug-likeness (QED) is 0.675. The van der Waals surface area contributed by atoms with Gasteiger partial charge in [0.2, 0.25) is 0 Å². The zero-order chi connectivity index (χ0) is 21.2. The Morgan fingerprint density at radius 2 is 1.79 bits per heavy atom. The van der Waals surface area contributed by atoms with Crippen LogP contribution in [0.3, 0.4) is 0 Å². The summed E-state index contributed by atoms with van der Waals surface area (Å²) in [5, 5.41) is 13.7. The molecule has 0 aromatic heterocycles. The number of benzene rings is 2. The van der Waals surface area contributed by atoms with Gasteiger partial charge >= 0.3 is 6.03 Å². The maximum Gasteiger partial charge on any atom is 0.325 e. The van der Waals surface area contributed by atoms with Crippen molar-refractivity contribution in [3.8, 4) is 5.75 Å². The van der Waals surface area contributed by atoms with E-state index < -0.39 is 23.6 Å². The third-order valence-corrected chi connectivity index (χ3v) is 5.31. The number of amides is 3. The van der Waals surface area contributed by atoms with Gasteiger partial charge in [-0.05, 0) is 42.2 Å². The number of para-hydroxylation sites is 1. The summed E-state index contributed by atoms with van der Waals surface area (Å²) in [4.78, 5) is 26.4. The molecule has 1 aliphatic heterocycles. The van der Waals surface area contributed by atoms with Gasteiger partial charge in [-0.3, -0.25) is 9.69 Å². The molecule has 29 heavy (non-hydrogen) atoms. The average molecular weight is 417 g/mol. The monoisotopic (exact) mass is 416 g/mol. The van der Waals surface area contributed by atoms with Crippen molar-refractivity contribution in [3.63, 3.8) is 0 Å². The van der Waals surface area contributed by atoms with Gasteiger partial charge in [0, 0.05) is 5.02 Å². The molecule has 6 nitrogen and oxygen atoms in total. The number of nitrogens with one attached hydrogen (secondary N) is 1. The number of urea groups is 1. The number of carbonyl (C=O) groups is 2. The average Bonchev–Trinajstić information content (AvgIpc) is 2.91. The third-order valence-electron chi connectivity index (χ3n) is 5.06. The Bertz CT molecular complexity index is 900. The molecule has 7 heteroatoms. The van der Waals surface area contributed by atoms with E-state index in [9.17, 15) is 14.7 Å². The smallest absolute Gasteiger partial charge is 0.325 e.